The highest BCUT2D eigenvalue weighted by molar-refractivity contribution is 7.16. The van der Waals surface area contributed by atoms with Crippen LogP contribution in [0.15, 0.2) is 60.7 Å². The zero-order valence-electron chi connectivity index (χ0n) is 13.7. The maximum Gasteiger partial charge on any atom is 0.250 e. The van der Waals surface area contributed by atoms with Gasteiger partial charge in [-0.15, -0.1) is 11.3 Å². The van der Waals surface area contributed by atoms with Gasteiger partial charge in [-0.05, 0) is 18.6 Å². The average Bonchev–Trinajstić information content (AvgIpc) is 3.04. The molecule has 1 heterocycles. The van der Waals surface area contributed by atoms with Crippen LogP contribution in [-0.2, 0) is 11.2 Å². The summed E-state index contributed by atoms with van der Waals surface area (Å²) in [5.41, 5.74) is 2.29. The van der Waals surface area contributed by atoms with Crippen molar-refractivity contribution in [1.29, 1.82) is 0 Å². The molecule has 1 aromatic heterocycles. The highest BCUT2D eigenvalue weighted by Crippen LogP contribution is 2.31. The van der Waals surface area contributed by atoms with Gasteiger partial charge in [0.15, 0.2) is 5.13 Å². The van der Waals surface area contributed by atoms with E-state index in [9.17, 15) is 9.18 Å². The first-order valence-corrected chi connectivity index (χ1v) is 8.77. The van der Waals surface area contributed by atoms with Crippen molar-refractivity contribution >= 4 is 28.5 Å². The number of hydrogen-bond donors (Lipinski definition) is 1. The molecule has 2 aromatic carbocycles. The van der Waals surface area contributed by atoms with Crippen LogP contribution in [0.25, 0.3) is 17.3 Å². The molecule has 0 aliphatic rings. The predicted molar refractivity (Wildman–Crippen MR) is 101 cm³/mol. The van der Waals surface area contributed by atoms with Crippen molar-refractivity contribution in [3.63, 3.8) is 0 Å². The molecule has 3 nitrogen and oxygen atoms in total. The smallest absolute Gasteiger partial charge is 0.250 e. The number of amides is 1. The summed E-state index contributed by atoms with van der Waals surface area (Å²) in [7, 11) is 0. The maximum absolute atomic E-state index is 13.6. The minimum atomic E-state index is -0.361. The van der Waals surface area contributed by atoms with Gasteiger partial charge in [-0.1, -0.05) is 55.5 Å². The molecule has 0 saturated carbocycles. The lowest BCUT2D eigenvalue weighted by molar-refractivity contribution is -0.111. The third-order valence-electron chi connectivity index (χ3n) is 3.62. The molecular formula is C20H17FN2OS. The van der Waals surface area contributed by atoms with Gasteiger partial charge in [-0.25, -0.2) is 9.37 Å². The number of anilines is 1. The van der Waals surface area contributed by atoms with E-state index in [0.29, 0.717) is 10.7 Å². The van der Waals surface area contributed by atoms with E-state index in [2.05, 4.69) is 17.2 Å². The van der Waals surface area contributed by atoms with Gasteiger partial charge in [0.05, 0.1) is 5.69 Å². The summed E-state index contributed by atoms with van der Waals surface area (Å²) in [4.78, 5) is 17.7. The fraction of sp³-hybridized carbons (Fsp3) is 0.100. The molecule has 0 spiro atoms. The van der Waals surface area contributed by atoms with Crippen LogP contribution in [0.3, 0.4) is 0 Å². The second-order valence-electron chi connectivity index (χ2n) is 5.35. The summed E-state index contributed by atoms with van der Waals surface area (Å²) < 4.78 is 13.6. The lowest BCUT2D eigenvalue weighted by atomic mass is 10.1. The van der Waals surface area contributed by atoms with Crippen molar-refractivity contribution in [3.8, 4) is 11.3 Å². The Morgan fingerprint density at radius 1 is 1.16 bits per heavy atom. The van der Waals surface area contributed by atoms with Crippen molar-refractivity contribution < 1.29 is 9.18 Å². The standard InChI is InChI=1S/C20H17FN2OS/c1-2-17-19(15-9-4-3-5-10-15)23-20(25-17)22-18(24)13-12-14-8-6-7-11-16(14)21/h3-13H,2H2,1H3,(H,22,23,24). The topological polar surface area (TPSA) is 42.0 Å². The van der Waals surface area contributed by atoms with E-state index in [0.717, 1.165) is 22.6 Å². The molecule has 126 valence electrons. The number of aromatic nitrogens is 1. The first-order valence-electron chi connectivity index (χ1n) is 7.96. The van der Waals surface area contributed by atoms with Gasteiger partial charge in [-0.3, -0.25) is 10.1 Å². The molecular weight excluding hydrogens is 335 g/mol. The highest BCUT2D eigenvalue weighted by atomic mass is 32.1. The van der Waals surface area contributed by atoms with Crippen molar-refractivity contribution in [3.05, 3.63) is 76.9 Å². The van der Waals surface area contributed by atoms with Crippen LogP contribution in [-0.4, -0.2) is 10.9 Å². The number of carbonyl (C=O) groups is 1. The van der Waals surface area contributed by atoms with E-state index < -0.39 is 0 Å². The number of carbonyl (C=O) groups excluding carboxylic acids is 1. The molecule has 3 aromatic rings. The monoisotopic (exact) mass is 352 g/mol. The molecule has 0 radical (unpaired) electrons. The molecule has 25 heavy (non-hydrogen) atoms. The highest BCUT2D eigenvalue weighted by Gasteiger charge is 2.12. The summed E-state index contributed by atoms with van der Waals surface area (Å²) in [6.45, 7) is 2.06. The summed E-state index contributed by atoms with van der Waals surface area (Å²) in [5, 5.41) is 3.30. The zero-order valence-corrected chi connectivity index (χ0v) is 14.5. The first kappa shape index (κ1) is 17.0. The fourth-order valence-electron chi connectivity index (χ4n) is 2.39. The van der Waals surface area contributed by atoms with Crippen molar-refractivity contribution in [2.24, 2.45) is 0 Å². The predicted octanol–water partition coefficient (Wildman–Crippen LogP) is 5.16. The number of nitrogens with one attached hydrogen (secondary N) is 1. The molecule has 0 atom stereocenters. The van der Waals surface area contributed by atoms with Crippen LogP contribution in [0, 0.1) is 5.82 Å². The molecule has 0 aliphatic carbocycles. The molecule has 0 fully saturated rings. The molecule has 5 heteroatoms. The van der Waals surface area contributed by atoms with E-state index in [1.54, 1.807) is 18.2 Å². The Hall–Kier alpha value is -2.79. The Morgan fingerprint density at radius 2 is 1.88 bits per heavy atom. The summed E-state index contributed by atoms with van der Waals surface area (Å²) in [6, 6.07) is 16.2. The number of benzene rings is 2. The molecule has 0 saturated heterocycles. The SMILES string of the molecule is CCc1sc(NC(=O)C=Cc2ccccc2F)nc1-c1ccccc1. The van der Waals surface area contributed by atoms with Gasteiger partial charge in [-0.2, -0.15) is 0 Å². The van der Waals surface area contributed by atoms with Crippen LogP contribution in [0.1, 0.15) is 17.4 Å². The third kappa shape index (κ3) is 4.19. The maximum atomic E-state index is 13.6. The van der Waals surface area contributed by atoms with Crippen molar-refractivity contribution in [1.82, 2.24) is 4.98 Å². The largest absolute Gasteiger partial charge is 0.298 e. The van der Waals surface area contributed by atoms with Gasteiger partial charge in [0, 0.05) is 22.1 Å². The number of nitrogens with zero attached hydrogens (tertiary/aromatic N) is 1. The number of rotatable bonds is 5. The number of hydrogen-bond acceptors (Lipinski definition) is 3. The summed E-state index contributed by atoms with van der Waals surface area (Å²) in [6.07, 6.45) is 3.60. The lowest BCUT2D eigenvalue weighted by Crippen LogP contribution is -2.07. The Balaban J connectivity index is 1.76. The third-order valence-corrected chi connectivity index (χ3v) is 4.73. The minimum absolute atomic E-state index is 0.334. The zero-order chi connectivity index (χ0) is 17.6. The van der Waals surface area contributed by atoms with Gasteiger partial charge < -0.3 is 0 Å². The van der Waals surface area contributed by atoms with Gasteiger partial charge in [0.25, 0.3) is 0 Å². The van der Waals surface area contributed by atoms with Crippen molar-refractivity contribution in [2.75, 3.05) is 5.32 Å². The van der Waals surface area contributed by atoms with Crippen molar-refractivity contribution in [2.45, 2.75) is 13.3 Å². The second kappa shape index (κ2) is 7.85. The van der Waals surface area contributed by atoms with E-state index in [1.807, 2.05) is 30.3 Å². The quantitative estimate of drug-likeness (QED) is 0.644. The molecule has 0 aliphatic heterocycles. The number of aryl methyl sites for hydroxylation is 1. The van der Waals surface area contributed by atoms with E-state index >= 15 is 0 Å². The molecule has 0 bridgehead atoms. The molecule has 1 N–H and O–H groups in total. The van der Waals surface area contributed by atoms with Crippen LogP contribution in [0.4, 0.5) is 9.52 Å². The summed E-state index contributed by atoms with van der Waals surface area (Å²) >= 11 is 1.46. The number of thiazole rings is 1. The fourth-order valence-corrected chi connectivity index (χ4v) is 3.32. The van der Waals surface area contributed by atoms with Crippen LogP contribution in [0.5, 0.6) is 0 Å². The normalized spacial score (nSPS) is 11.0. The van der Waals surface area contributed by atoms with E-state index in [1.165, 1.54) is 29.6 Å². The van der Waals surface area contributed by atoms with Crippen LogP contribution in [0.2, 0.25) is 0 Å². The summed E-state index contributed by atoms with van der Waals surface area (Å²) in [5.74, 6) is -0.695. The Bertz CT molecular complexity index is 903. The van der Waals surface area contributed by atoms with E-state index in [-0.39, 0.29) is 11.7 Å². The van der Waals surface area contributed by atoms with Gasteiger partial charge in [0.2, 0.25) is 5.91 Å². The van der Waals surface area contributed by atoms with Gasteiger partial charge >= 0.3 is 0 Å². The lowest BCUT2D eigenvalue weighted by Gasteiger charge is -1.99. The minimum Gasteiger partial charge on any atom is -0.298 e. The molecule has 0 unspecified atom stereocenters. The van der Waals surface area contributed by atoms with Gasteiger partial charge in [0.1, 0.15) is 5.82 Å². The average molecular weight is 352 g/mol. The first-order chi connectivity index (χ1) is 12.2. The number of halogens is 1. The molecule has 1 amide bonds. The second-order valence-corrected chi connectivity index (χ2v) is 6.44. The Morgan fingerprint density at radius 3 is 2.60 bits per heavy atom. The van der Waals surface area contributed by atoms with E-state index in [4.69, 9.17) is 0 Å². The van der Waals surface area contributed by atoms with Crippen LogP contribution < -0.4 is 5.32 Å². The Labute approximate surface area is 149 Å². The Kier molecular flexibility index (Phi) is 5.36. The van der Waals surface area contributed by atoms with Crippen LogP contribution >= 0.6 is 11.3 Å². The molecule has 3 rings (SSSR count).